The summed E-state index contributed by atoms with van der Waals surface area (Å²) in [5, 5.41) is 6.76. The highest BCUT2D eigenvalue weighted by molar-refractivity contribution is 5.81. The van der Waals surface area contributed by atoms with Crippen LogP contribution in [-0.2, 0) is 4.79 Å². The molecular weight excluding hydrogens is 238 g/mol. The molecule has 0 radical (unpaired) electrons. The molecule has 0 aromatic carbocycles. The topological polar surface area (TPSA) is 44.4 Å². The molecule has 2 unspecified atom stereocenters. The van der Waals surface area contributed by atoms with Crippen LogP contribution in [0.3, 0.4) is 0 Å². The Balaban J connectivity index is 1.44. The lowest BCUT2D eigenvalue weighted by molar-refractivity contribution is -0.126. The smallest absolute Gasteiger partial charge is 0.237 e. The third kappa shape index (κ3) is 3.93. The maximum atomic E-state index is 12.1. The van der Waals surface area contributed by atoms with Crippen molar-refractivity contribution in [2.75, 3.05) is 19.6 Å². The summed E-state index contributed by atoms with van der Waals surface area (Å²) < 4.78 is 0. The van der Waals surface area contributed by atoms with Crippen LogP contribution in [0.1, 0.15) is 45.4 Å². The molecule has 2 N–H and O–H groups in total. The Bertz CT molecular complexity index is 325. The molecule has 3 rings (SSSR count). The van der Waals surface area contributed by atoms with Crippen LogP contribution in [0.2, 0.25) is 0 Å². The average molecular weight is 265 g/mol. The number of rotatable bonds is 6. The molecule has 1 aliphatic heterocycles. The van der Waals surface area contributed by atoms with Crippen molar-refractivity contribution in [1.29, 1.82) is 0 Å². The SMILES string of the molecule is CC(C(=O)NC1CC1)N1CCCC(CNC2CC2)C1. The summed E-state index contributed by atoms with van der Waals surface area (Å²) in [5.41, 5.74) is 0. The van der Waals surface area contributed by atoms with Gasteiger partial charge in [0.1, 0.15) is 0 Å². The number of nitrogens with one attached hydrogen (secondary N) is 2. The van der Waals surface area contributed by atoms with E-state index < -0.39 is 0 Å². The molecule has 19 heavy (non-hydrogen) atoms. The molecule has 3 aliphatic rings. The third-order valence-electron chi connectivity index (χ3n) is 4.67. The Morgan fingerprint density at radius 3 is 2.63 bits per heavy atom. The van der Waals surface area contributed by atoms with Crippen molar-refractivity contribution >= 4 is 5.91 Å². The van der Waals surface area contributed by atoms with Gasteiger partial charge >= 0.3 is 0 Å². The molecule has 1 amide bonds. The van der Waals surface area contributed by atoms with E-state index in [4.69, 9.17) is 0 Å². The number of amides is 1. The van der Waals surface area contributed by atoms with Gasteiger partial charge < -0.3 is 10.6 Å². The monoisotopic (exact) mass is 265 g/mol. The summed E-state index contributed by atoms with van der Waals surface area (Å²) in [5.74, 6) is 0.962. The minimum atomic E-state index is 0.0457. The van der Waals surface area contributed by atoms with Gasteiger partial charge in [-0.1, -0.05) is 0 Å². The van der Waals surface area contributed by atoms with Crippen molar-refractivity contribution in [2.24, 2.45) is 5.92 Å². The molecule has 0 spiro atoms. The fourth-order valence-corrected chi connectivity index (χ4v) is 2.95. The van der Waals surface area contributed by atoms with Crippen LogP contribution < -0.4 is 10.6 Å². The highest BCUT2D eigenvalue weighted by atomic mass is 16.2. The van der Waals surface area contributed by atoms with Crippen LogP contribution in [0.4, 0.5) is 0 Å². The van der Waals surface area contributed by atoms with E-state index in [1.165, 1.54) is 38.5 Å². The Hall–Kier alpha value is -0.610. The van der Waals surface area contributed by atoms with Gasteiger partial charge in [-0.3, -0.25) is 9.69 Å². The van der Waals surface area contributed by atoms with Crippen LogP contribution in [-0.4, -0.2) is 48.6 Å². The zero-order valence-electron chi connectivity index (χ0n) is 12.0. The van der Waals surface area contributed by atoms with E-state index >= 15 is 0 Å². The van der Waals surface area contributed by atoms with Crippen molar-refractivity contribution in [1.82, 2.24) is 15.5 Å². The second-order valence-corrected chi connectivity index (χ2v) is 6.64. The highest BCUT2D eigenvalue weighted by Gasteiger charge is 2.31. The molecule has 0 aromatic heterocycles. The first kappa shape index (κ1) is 13.4. The van der Waals surface area contributed by atoms with Gasteiger partial charge in [0.15, 0.2) is 0 Å². The van der Waals surface area contributed by atoms with Crippen molar-refractivity contribution < 1.29 is 4.79 Å². The van der Waals surface area contributed by atoms with Gasteiger partial charge in [-0.05, 0) is 64.5 Å². The van der Waals surface area contributed by atoms with Gasteiger partial charge in [-0.2, -0.15) is 0 Å². The number of hydrogen-bond donors (Lipinski definition) is 2. The van der Waals surface area contributed by atoms with Gasteiger partial charge in [0.05, 0.1) is 6.04 Å². The van der Waals surface area contributed by atoms with Gasteiger partial charge in [0.25, 0.3) is 0 Å². The molecule has 4 nitrogen and oxygen atoms in total. The fraction of sp³-hybridized carbons (Fsp3) is 0.933. The molecule has 4 heteroatoms. The Morgan fingerprint density at radius 2 is 1.95 bits per heavy atom. The minimum Gasteiger partial charge on any atom is -0.352 e. The molecule has 108 valence electrons. The van der Waals surface area contributed by atoms with E-state index in [9.17, 15) is 4.79 Å². The van der Waals surface area contributed by atoms with E-state index in [0.717, 1.165) is 31.6 Å². The van der Waals surface area contributed by atoms with Crippen LogP contribution >= 0.6 is 0 Å². The Labute approximate surface area is 116 Å². The lowest BCUT2D eigenvalue weighted by atomic mass is 9.96. The molecule has 1 heterocycles. The van der Waals surface area contributed by atoms with Gasteiger partial charge in [-0.15, -0.1) is 0 Å². The number of nitrogens with zero attached hydrogens (tertiary/aromatic N) is 1. The fourth-order valence-electron chi connectivity index (χ4n) is 2.95. The average Bonchev–Trinajstić information content (AvgIpc) is 3.30. The number of piperidine rings is 1. The predicted molar refractivity (Wildman–Crippen MR) is 75.9 cm³/mol. The van der Waals surface area contributed by atoms with Crippen molar-refractivity contribution in [2.45, 2.75) is 63.6 Å². The second-order valence-electron chi connectivity index (χ2n) is 6.64. The second kappa shape index (κ2) is 5.80. The summed E-state index contributed by atoms with van der Waals surface area (Å²) in [7, 11) is 0. The first-order valence-corrected chi connectivity index (χ1v) is 8.00. The van der Waals surface area contributed by atoms with E-state index in [1.54, 1.807) is 0 Å². The molecule has 2 saturated carbocycles. The third-order valence-corrected chi connectivity index (χ3v) is 4.67. The Morgan fingerprint density at radius 1 is 1.21 bits per heavy atom. The molecule has 0 aromatic rings. The normalized spacial score (nSPS) is 30.1. The number of hydrogen-bond acceptors (Lipinski definition) is 3. The van der Waals surface area contributed by atoms with E-state index in [0.29, 0.717) is 6.04 Å². The molecular formula is C15H27N3O. The number of likely N-dealkylation sites (tertiary alicyclic amines) is 1. The maximum Gasteiger partial charge on any atom is 0.237 e. The molecule has 1 saturated heterocycles. The number of carbonyl (C=O) groups is 1. The standard InChI is InChI=1S/C15H27N3O/c1-11(15(19)17-14-6-7-14)18-8-2-3-12(10-18)9-16-13-4-5-13/h11-14,16H,2-10H2,1H3,(H,17,19). The van der Waals surface area contributed by atoms with Crippen molar-refractivity contribution in [3.05, 3.63) is 0 Å². The summed E-state index contributed by atoms with van der Waals surface area (Å²) in [6, 6.07) is 1.32. The molecule has 3 fully saturated rings. The van der Waals surface area contributed by atoms with Gasteiger partial charge in [0, 0.05) is 18.6 Å². The predicted octanol–water partition coefficient (Wildman–Crippen LogP) is 1.12. The first-order valence-electron chi connectivity index (χ1n) is 8.00. The van der Waals surface area contributed by atoms with Crippen LogP contribution in [0, 0.1) is 5.92 Å². The zero-order chi connectivity index (χ0) is 13.2. The van der Waals surface area contributed by atoms with Crippen LogP contribution in [0.25, 0.3) is 0 Å². The van der Waals surface area contributed by atoms with Gasteiger partial charge in [0.2, 0.25) is 5.91 Å². The molecule has 0 bridgehead atoms. The van der Waals surface area contributed by atoms with Crippen molar-refractivity contribution in [3.63, 3.8) is 0 Å². The Kier molecular flexibility index (Phi) is 4.08. The van der Waals surface area contributed by atoms with Gasteiger partial charge in [-0.25, -0.2) is 0 Å². The van der Waals surface area contributed by atoms with Crippen LogP contribution in [0.5, 0.6) is 0 Å². The summed E-state index contributed by atoms with van der Waals surface area (Å²) in [6.45, 7) is 5.37. The minimum absolute atomic E-state index is 0.0457. The summed E-state index contributed by atoms with van der Waals surface area (Å²) >= 11 is 0. The lowest BCUT2D eigenvalue weighted by Gasteiger charge is -2.36. The molecule has 2 aliphatic carbocycles. The first-order chi connectivity index (χ1) is 9.22. The summed E-state index contributed by atoms with van der Waals surface area (Å²) in [6.07, 6.45) is 7.61. The summed E-state index contributed by atoms with van der Waals surface area (Å²) in [4.78, 5) is 14.5. The highest BCUT2D eigenvalue weighted by Crippen LogP contribution is 2.23. The largest absolute Gasteiger partial charge is 0.352 e. The maximum absolute atomic E-state index is 12.1. The van der Waals surface area contributed by atoms with Crippen molar-refractivity contribution in [3.8, 4) is 0 Å². The van der Waals surface area contributed by atoms with E-state index in [1.807, 2.05) is 0 Å². The lowest BCUT2D eigenvalue weighted by Crippen LogP contribution is -2.50. The van der Waals surface area contributed by atoms with E-state index in [2.05, 4.69) is 22.5 Å². The van der Waals surface area contributed by atoms with Crippen LogP contribution in [0.15, 0.2) is 0 Å². The molecule has 2 atom stereocenters. The van der Waals surface area contributed by atoms with E-state index in [-0.39, 0.29) is 11.9 Å². The quantitative estimate of drug-likeness (QED) is 0.756. The zero-order valence-corrected chi connectivity index (χ0v) is 12.0. The number of carbonyl (C=O) groups excluding carboxylic acids is 1.